The Morgan fingerprint density at radius 3 is 2.64 bits per heavy atom. The van der Waals surface area contributed by atoms with Crippen LogP contribution in [0, 0.1) is 5.41 Å². The summed E-state index contributed by atoms with van der Waals surface area (Å²) < 4.78 is 18.3. The number of benzene rings is 1. The van der Waals surface area contributed by atoms with E-state index in [0.29, 0.717) is 18.3 Å². The molecule has 0 spiro atoms. The van der Waals surface area contributed by atoms with Crippen LogP contribution in [-0.4, -0.2) is 19.6 Å². The van der Waals surface area contributed by atoms with E-state index in [2.05, 4.69) is 17.4 Å². The fourth-order valence-electron chi connectivity index (χ4n) is 4.75. The third-order valence-electron chi connectivity index (χ3n) is 6.28. The molecule has 25 heavy (non-hydrogen) atoms. The van der Waals surface area contributed by atoms with Gasteiger partial charge in [-0.25, -0.2) is 4.39 Å². The van der Waals surface area contributed by atoms with Crippen molar-refractivity contribution in [2.24, 2.45) is 5.41 Å². The molecule has 0 radical (unpaired) electrons. The number of ether oxygens (including phenoxy) is 1. The Morgan fingerprint density at radius 1 is 1.24 bits per heavy atom. The molecule has 1 aromatic carbocycles. The molecule has 2 fully saturated rings. The summed E-state index contributed by atoms with van der Waals surface area (Å²) in [5, 5.41) is 2.87. The van der Waals surface area contributed by atoms with E-state index in [0.717, 1.165) is 44.3 Å². The molecule has 136 valence electrons. The molecule has 1 amide bonds. The van der Waals surface area contributed by atoms with Crippen molar-refractivity contribution in [3.63, 3.8) is 0 Å². The first-order valence-corrected chi connectivity index (χ1v) is 9.31. The lowest BCUT2D eigenvalue weighted by atomic mass is 9.66. The van der Waals surface area contributed by atoms with E-state index >= 15 is 0 Å². The van der Waals surface area contributed by atoms with Gasteiger partial charge in [-0.15, -0.1) is 0 Å². The van der Waals surface area contributed by atoms with Gasteiger partial charge in [-0.05, 0) is 67.2 Å². The Hall–Kier alpha value is -1.84. The molecule has 2 aliphatic carbocycles. The van der Waals surface area contributed by atoms with Crippen LogP contribution in [0.5, 0.6) is 5.75 Å². The average Bonchev–Trinajstić information content (AvgIpc) is 2.94. The van der Waals surface area contributed by atoms with Gasteiger partial charge < -0.3 is 10.1 Å². The molecular weight excluding hydrogens is 317 g/mol. The molecule has 0 heterocycles. The van der Waals surface area contributed by atoms with Crippen LogP contribution in [0.15, 0.2) is 36.2 Å². The van der Waals surface area contributed by atoms with Gasteiger partial charge in [0.1, 0.15) is 12.4 Å². The number of hydrogen-bond acceptors (Lipinski definition) is 2. The van der Waals surface area contributed by atoms with Crippen LogP contribution in [0.4, 0.5) is 4.39 Å². The largest absolute Gasteiger partial charge is 0.489 e. The van der Waals surface area contributed by atoms with Crippen molar-refractivity contribution >= 4 is 5.91 Å². The van der Waals surface area contributed by atoms with Crippen molar-refractivity contribution in [2.45, 2.75) is 57.3 Å². The number of fused-ring (bicyclic) bond motifs is 2. The first-order chi connectivity index (χ1) is 12.1. The minimum absolute atomic E-state index is 0.122. The lowest BCUT2D eigenvalue weighted by molar-refractivity contribution is -0.131. The molecular formula is C21H28FNO2. The number of carbonyl (C=O) groups is 1. The van der Waals surface area contributed by atoms with Crippen LogP contribution in [0.3, 0.4) is 0 Å². The van der Waals surface area contributed by atoms with Gasteiger partial charge in [-0.3, -0.25) is 4.79 Å². The second-order valence-corrected chi connectivity index (χ2v) is 7.60. The van der Waals surface area contributed by atoms with Crippen molar-refractivity contribution in [1.29, 1.82) is 0 Å². The quantitative estimate of drug-likeness (QED) is 0.814. The first kappa shape index (κ1) is 18.0. The average molecular weight is 345 g/mol. The summed E-state index contributed by atoms with van der Waals surface area (Å²) in [6, 6.07) is 8.21. The Balaban J connectivity index is 1.73. The molecule has 0 aromatic heterocycles. The highest BCUT2D eigenvalue weighted by Gasteiger charge is 2.54. The summed E-state index contributed by atoms with van der Waals surface area (Å²) in [6.45, 7) is 2.20. The van der Waals surface area contributed by atoms with E-state index in [4.69, 9.17) is 4.74 Å². The van der Waals surface area contributed by atoms with Crippen molar-refractivity contribution < 1.29 is 13.9 Å². The molecule has 2 atom stereocenters. The van der Waals surface area contributed by atoms with E-state index < -0.39 is 0 Å². The van der Waals surface area contributed by atoms with Crippen LogP contribution in [0.1, 0.15) is 57.4 Å². The van der Waals surface area contributed by atoms with Crippen molar-refractivity contribution in [2.75, 3.05) is 13.7 Å². The zero-order valence-electron chi connectivity index (χ0n) is 15.2. The van der Waals surface area contributed by atoms with Crippen molar-refractivity contribution in [3.8, 4) is 5.75 Å². The zero-order valence-corrected chi connectivity index (χ0v) is 15.2. The summed E-state index contributed by atoms with van der Waals surface area (Å²) in [7, 11) is 1.74. The predicted octanol–water partition coefficient (Wildman–Crippen LogP) is 4.67. The number of amides is 1. The minimum Gasteiger partial charge on any atom is -0.489 e. The molecule has 2 bridgehead atoms. The maximum absolute atomic E-state index is 12.6. The van der Waals surface area contributed by atoms with Gasteiger partial charge in [0.25, 0.3) is 0 Å². The summed E-state index contributed by atoms with van der Waals surface area (Å²) in [5.74, 6) is 0.971. The zero-order chi connectivity index (χ0) is 17.9. The predicted molar refractivity (Wildman–Crippen MR) is 97.3 cm³/mol. The fraction of sp³-hybridized carbons (Fsp3) is 0.571. The molecule has 4 heteroatoms. The first-order valence-electron chi connectivity index (χ1n) is 9.31. The van der Waals surface area contributed by atoms with Crippen LogP contribution in [-0.2, 0) is 10.2 Å². The molecule has 1 N–H and O–H groups in total. The Kier molecular flexibility index (Phi) is 5.16. The normalized spacial score (nSPS) is 28.7. The van der Waals surface area contributed by atoms with Gasteiger partial charge in [0.2, 0.25) is 5.91 Å². The van der Waals surface area contributed by atoms with Gasteiger partial charge in [-0.2, -0.15) is 0 Å². The molecule has 3 nitrogen and oxygen atoms in total. The molecule has 3 rings (SSSR count). The van der Waals surface area contributed by atoms with Gasteiger partial charge in [-0.1, -0.05) is 25.5 Å². The lowest BCUT2D eigenvalue weighted by Gasteiger charge is -2.39. The Labute approximate surface area is 149 Å². The summed E-state index contributed by atoms with van der Waals surface area (Å²) >= 11 is 0. The fourth-order valence-corrected chi connectivity index (χ4v) is 4.75. The van der Waals surface area contributed by atoms with Gasteiger partial charge in [0, 0.05) is 7.05 Å². The summed E-state index contributed by atoms with van der Waals surface area (Å²) in [6.07, 6.45) is 7.54. The maximum atomic E-state index is 12.6. The number of hydrogen-bond donors (Lipinski definition) is 1. The van der Waals surface area contributed by atoms with Crippen LogP contribution in [0.25, 0.3) is 0 Å². The van der Waals surface area contributed by atoms with Crippen LogP contribution >= 0.6 is 0 Å². The number of nitrogens with one attached hydrogen (secondary N) is 1. The van der Waals surface area contributed by atoms with E-state index in [-0.39, 0.29) is 23.3 Å². The van der Waals surface area contributed by atoms with Gasteiger partial charge in [0.15, 0.2) is 0 Å². The highest BCUT2D eigenvalue weighted by atomic mass is 19.1. The van der Waals surface area contributed by atoms with Crippen molar-refractivity contribution in [3.05, 3.63) is 41.7 Å². The van der Waals surface area contributed by atoms with E-state index in [1.54, 1.807) is 7.05 Å². The van der Waals surface area contributed by atoms with Crippen LogP contribution < -0.4 is 10.1 Å². The monoisotopic (exact) mass is 345 g/mol. The summed E-state index contributed by atoms with van der Waals surface area (Å²) in [4.78, 5) is 12.4. The number of rotatable bonds is 6. The lowest BCUT2D eigenvalue weighted by Crippen LogP contribution is -2.41. The highest BCUT2D eigenvalue weighted by Crippen LogP contribution is 2.59. The molecule has 2 aliphatic rings. The van der Waals surface area contributed by atoms with Crippen LogP contribution in [0.2, 0.25) is 0 Å². The number of halogens is 1. The van der Waals surface area contributed by atoms with E-state index in [1.807, 2.05) is 19.1 Å². The maximum Gasteiger partial charge on any atom is 0.225 e. The molecule has 0 aliphatic heterocycles. The minimum atomic E-state index is -0.176. The smallest absolute Gasteiger partial charge is 0.225 e. The third-order valence-corrected chi connectivity index (χ3v) is 6.28. The van der Waals surface area contributed by atoms with Crippen molar-refractivity contribution in [1.82, 2.24) is 5.32 Å². The molecule has 2 saturated carbocycles. The highest BCUT2D eigenvalue weighted by molar-refractivity contribution is 5.83. The number of carbonyl (C=O) groups excluding carboxylic acids is 1. The standard InChI is InChI=1S/C21H28FNO2/c1-3-16(13-22)14-25-18-7-5-17(6-8-18)20-9-4-10-21(15-20,12-11-20)19(24)23-2/h5-8,13H,3-4,9-12,14-15H2,1-2H3,(H,23,24)/b16-13+. The molecule has 0 saturated heterocycles. The summed E-state index contributed by atoms with van der Waals surface area (Å²) in [5.41, 5.74) is 1.91. The molecule has 1 aromatic rings. The van der Waals surface area contributed by atoms with E-state index in [9.17, 15) is 9.18 Å². The topological polar surface area (TPSA) is 38.3 Å². The third kappa shape index (κ3) is 3.31. The van der Waals surface area contributed by atoms with E-state index in [1.165, 1.54) is 5.56 Å². The molecule has 2 unspecified atom stereocenters. The SMILES string of the molecule is CC/C(=C\F)COc1ccc(C23CCCC(C(=O)NC)(CC2)C3)cc1. The van der Waals surface area contributed by atoms with Gasteiger partial charge >= 0.3 is 0 Å². The van der Waals surface area contributed by atoms with Gasteiger partial charge in [0.05, 0.1) is 11.7 Å². The Morgan fingerprint density at radius 2 is 2.00 bits per heavy atom. The Bertz CT molecular complexity index is 654. The second-order valence-electron chi connectivity index (χ2n) is 7.60. The second kappa shape index (κ2) is 7.19.